The number of nitrogens with two attached hydrogens (primary N) is 1. The van der Waals surface area contributed by atoms with E-state index < -0.39 is 60.1 Å². The van der Waals surface area contributed by atoms with Crippen LogP contribution in [-0.2, 0) is 19.2 Å². The van der Waals surface area contributed by atoms with E-state index in [-0.39, 0.29) is 18.3 Å². The van der Waals surface area contributed by atoms with Crippen molar-refractivity contribution in [1.29, 1.82) is 0 Å². The van der Waals surface area contributed by atoms with Crippen molar-refractivity contribution in [3.05, 3.63) is 0 Å². The zero-order valence-electron chi connectivity index (χ0n) is 19.1. The minimum atomic E-state index is -1.56. The van der Waals surface area contributed by atoms with Crippen LogP contribution in [0.15, 0.2) is 0 Å². The van der Waals surface area contributed by atoms with Crippen LogP contribution in [0.4, 0.5) is 0 Å². The Balaban J connectivity index is 5.42. The van der Waals surface area contributed by atoms with Crippen LogP contribution in [0.25, 0.3) is 0 Å². The highest BCUT2D eigenvalue weighted by Crippen LogP contribution is 2.08. The lowest BCUT2D eigenvalue weighted by atomic mass is 10.0. The zero-order valence-corrected chi connectivity index (χ0v) is 19.1. The minimum absolute atomic E-state index is 0.0510. The molecule has 0 aromatic heterocycles. The van der Waals surface area contributed by atoms with Crippen LogP contribution < -0.4 is 21.7 Å². The molecule has 0 unspecified atom stereocenters. The van der Waals surface area contributed by atoms with E-state index in [2.05, 4.69) is 16.0 Å². The van der Waals surface area contributed by atoms with Gasteiger partial charge < -0.3 is 37.0 Å². The van der Waals surface area contributed by atoms with Gasteiger partial charge in [0.15, 0.2) is 6.04 Å². The van der Waals surface area contributed by atoms with Gasteiger partial charge in [0, 0.05) is 0 Å². The monoisotopic (exact) mass is 446 g/mol. The van der Waals surface area contributed by atoms with Crippen molar-refractivity contribution in [2.45, 2.75) is 90.8 Å². The number of aliphatic hydroxyl groups excluding tert-OH is 2. The topological polar surface area (TPSA) is 191 Å². The molecule has 0 saturated heterocycles. The first-order valence-corrected chi connectivity index (χ1v) is 10.4. The number of carbonyl (C=O) groups excluding carboxylic acids is 3. The summed E-state index contributed by atoms with van der Waals surface area (Å²) in [6, 6.07) is -4.93. The fourth-order valence-electron chi connectivity index (χ4n) is 2.89. The van der Waals surface area contributed by atoms with Crippen molar-refractivity contribution in [2.75, 3.05) is 0 Å². The molecule has 0 rings (SSSR count). The number of hydrogen-bond donors (Lipinski definition) is 7. The summed E-state index contributed by atoms with van der Waals surface area (Å²) in [5.41, 5.74) is 5.82. The summed E-state index contributed by atoms with van der Waals surface area (Å²) in [4.78, 5) is 48.9. The molecule has 0 bridgehead atoms. The second kappa shape index (κ2) is 13.2. The minimum Gasteiger partial charge on any atom is -0.480 e. The number of aliphatic hydroxyl groups is 2. The highest BCUT2D eigenvalue weighted by atomic mass is 16.4. The van der Waals surface area contributed by atoms with E-state index in [0.29, 0.717) is 6.42 Å². The van der Waals surface area contributed by atoms with Crippen molar-refractivity contribution in [3.8, 4) is 0 Å². The molecule has 180 valence electrons. The molecule has 0 heterocycles. The molecule has 11 heteroatoms. The number of carboxylic acid groups (broad SMARTS) is 1. The van der Waals surface area contributed by atoms with Crippen LogP contribution in [-0.4, -0.2) is 75.4 Å². The molecule has 0 aromatic carbocycles. The fourth-order valence-corrected chi connectivity index (χ4v) is 2.89. The lowest BCUT2D eigenvalue weighted by Gasteiger charge is -2.27. The predicted molar refractivity (Wildman–Crippen MR) is 114 cm³/mol. The van der Waals surface area contributed by atoms with Crippen LogP contribution in [0.2, 0.25) is 0 Å². The van der Waals surface area contributed by atoms with Gasteiger partial charge in [-0.15, -0.1) is 0 Å². The molecule has 0 aliphatic rings. The van der Waals surface area contributed by atoms with Gasteiger partial charge >= 0.3 is 5.97 Å². The van der Waals surface area contributed by atoms with Gasteiger partial charge in [-0.1, -0.05) is 27.7 Å². The fraction of sp³-hybridized carbons (Fsp3) is 0.800. The first-order valence-electron chi connectivity index (χ1n) is 10.4. The Labute approximate surface area is 183 Å². The summed E-state index contributed by atoms with van der Waals surface area (Å²) in [5.74, 6) is -3.56. The Bertz CT molecular complexity index is 623. The van der Waals surface area contributed by atoms with E-state index in [9.17, 15) is 29.4 Å². The van der Waals surface area contributed by atoms with E-state index in [1.807, 2.05) is 13.8 Å². The number of nitrogens with one attached hydrogen (secondary N) is 3. The van der Waals surface area contributed by atoms with Crippen LogP contribution in [0.5, 0.6) is 0 Å². The number of carboxylic acids is 1. The molecule has 0 aliphatic heterocycles. The molecule has 8 N–H and O–H groups in total. The third-order valence-corrected chi connectivity index (χ3v) is 4.51. The maximum absolute atomic E-state index is 12.7. The van der Waals surface area contributed by atoms with Crippen molar-refractivity contribution < 1.29 is 34.5 Å². The van der Waals surface area contributed by atoms with Crippen molar-refractivity contribution >= 4 is 23.7 Å². The Morgan fingerprint density at radius 2 is 1.16 bits per heavy atom. The van der Waals surface area contributed by atoms with E-state index in [1.165, 1.54) is 13.8 Å². The third kappa shape index (κ3) is 10.6. The predicted octanol–water partition coefficient (Wildman–Crippen LogP) is -1.29. The van der Waals surface area contributed by atoms with Gasteiger partial charge in [-0.05, 0) is 38.5 Å². The van der Waals surface area contributed by atoms with Gasteiger partial charge in [0.05, 0.1) is 18.2 Å². The Morgan fingerprint density at radius 1 is 0.710 bits per heavy atom. The Morgan fingerprint density at radius 3 is 1.55 bits per heavy atom. The normalized spacial score (nSPS) is 17.3. The van der Waals surface area contributed by atoms with E-state index >= 15 is 0 Å². The quantitative estimate of drug-likeness (QED) is 0.182. The summed E-state index contributed by atoms with van der Waals surface area (Å²) in [6.45, 7) is 9.90. The second-order valence-corrected chi connectivity index (χ2v) is 8.72. The molecule has 0 aliphatic carbocycles. The molecule has 31 heavy (non-hydrogen) atoms. The van der Waals surface area contributed by atoms with Crippen molar-refractivity contribution in [3.63, 3.8) is 0 Å². The number of rotatable bonds is 13. The van der Waals surface area contributed by atoms with Gasteiger partial charge in [-0.2, -0.15) is 0 Å². The molecule has 0 aromatic rings. The van der Waals surface area contributed by atoms with Gasteiger partial charge in [-0.3, -0.25) is 14.4 Å². The maximum atomic E-state index is 12.7. The Kier molecular flexibility index (Phi) is 12.3. The maximum Gasteiger partial charge on any atom is 0.328 e. The first-order chi connectivity index (χ1) is 14.2. The van der Waals surface area contributed by atoms with E-state index in [4.69, 9.17) is 10.8 Å². The summed E-state index contributed by atoms with van der Waals surface area (Å²) in [7, 11) is 0. The van der Waals surface area contributed by atoms with Crippen LogP contribution in [0, 0.1) is 11.8 Å². The molecular weight excluding hydrogens is 408 g/mol. The molecule has 0 spiro atoms. The SMILES string of the molecule is CC(C)C[C@H](NC(=O)[C@@H](NC(=O)[C@@H](N)CC(C)C)[C@@H](C)O)C(=O)N[C@H](C(=O)O)[C@@H](C)O. The highest BCUT2D eigenvalue weighted by Gasteiger charge is 2.33. The van der Waals surface area contributed by atoms with Crippen LogP contribution in [0.3, 0.4) is 0 Å². The molecule has 0 radical (unpaired) electrons. The molecule has 11 nitrogen and oxygen atoms in total. The summed E-state index contributed by atoms with van der Waals surface area (Å²) in [5, 5.41) is 35.8. The standard InChI is InChI=1S/C20H38N4O7/c1-9(2)7-13(21)17(27)23-15(11(5)25)19(29)22-14(8-10(3)4)18(28)24-16(12(6)26)20(30)31/h9-16,25-26H,7-8,21H2,1-6H3,(H,22,29)(H,23,27)(H,24,28)(H,30,31)/t11-,12-,13+,14+,15+,16+/m1/s1. The molecule has 0 fully saturated rings. The van der Waals surface area contributed by atoms with Gasteiger partial charge in [0.25, 0.3) is 0 Å². The molecule has 3 amide bonds. The summed E-state index contributed by atoms with van der Waals surface area (Å²) in [6.07, 6.45) is -2.09. The van der Waals surface area contributed by atoms with Crippen LogP contribution in [0.1, 0.15) is 54.4 Å². The van der Waals surface area contributed by atoms with Gasteiger partial charge in [0.1, 0.15) is 12.1 Å². The second-order valence-electron chi connectivity index (χ2n) is 8.72. The lowest BCUT2D eigenvalue weighted by Crippen LogP contribution is -2.60. The average molecular weight is 447 g/mol. The molecular formula is C20H38N4O7. The first kappa shape index (κ1) is 28.8. The highest BCUT2D eigenvalue weighted by molar-refractivity contribution is 5.94. The third-order valence-electron chi connectivity index (χ3n) is 4.51. The average Bonchev–Trinajstić information content (AvgIpc) is 2.60. The van der Waals surface area contributed by atoms with Crippen molar-refractivity contribution in [2.24, 2.45) is 17.6 Å². The Hall–Kier alpha value is -2.24. The number of carbonyl (C=O) groups is 4. The van der Waals surface area contributed by atoms with E-state index in [0.717, 1.165) is 0 Å². The summed E-state index contributed by atoms with van der Waals surface area (Å²) < 4.78 is 0. The number of hydrogen-bond acceptors (Lipinski definition) is 7. The number of aliphatic carboxylic acids is 1. The lowest BCUT2D eigenvalue weighted by molar-refractivity contribution is -0.145. The van der Waals surface area contributed by atoms with Crippen LogP contribution >= 0.6 is 0 Å². The molecule has 6 atom stereocenters. The number of amides is 3. The van der Waals surface area contributed by atoms with Gasteiger partial charge in [-0.25, -0.2) is 4.79 Å². The zero-order chi connectivity index (χ0) is 24.5. The van der Waals surface area contributed by atoms with Gasteiger partial charge in [0.2, 0.25) is 17.7 Å². The van der Waals surface area contributed by atoms with Crippen molar-refractivity contribution in [1.82, 2.24) is 16.0 Å². The molecule has 0 saturated carbocycles. The smallest absolute Gasteiger partial charge is 0.328 e. The summed E-state index contributed by atoms with van der Waals surface area (Å²) >= 11 is 0. The largest absolute Gasteiger partial charge is 0.480 e. The van der Waals surface area contributed by atoms with E-state index in [1.54, 1.807) is 13.8 Å².